The van der Waals surface area contributed by atoms with Crippen LogP contribution in [0.5, 0.6) is 0 Å². The summed E-state index contributed by atoms with van der Waals surface area (Å²) in [5.74, 6) is 0.703. The molecule has 1 aliphatic heterocycles. The molecular weight excluding hydrogens is 242 g/mol. The van der Waals surface area contributed by atoms with Crippen LogP contribution in [0.4, 0.5) is 5.69 Å². The summed E-state index contributed by atoms with van der Waals surface area (Å²) in [6.45, 7) is 3.61. The van der Waals surface area contributed by atoms with Crippen LogP contribution in [0.1, 0.15) is 19.2 Å². The summed E-state index contributed by atoms with van der Waals surface area (Å²) < 4.78 is 11.3. The molecule has 1 aliphatic rings. The van der Waals surface area contributed by atoms with Gasteiger partial charge >= 0.3 is 0 Å². The second kappa shape index (κ2) is 4.83. The van der Waals surface area contributed by atoms with Gasteiger partial charge < -0.3 is 14.9 Å². The van der Waals surface area contributed by atoms with E-state index in [0.717, 1.165) is 24.1 Å². The maximum Gasteiger partial charge on any atom is 0.209 e. The highest BCUT2D eigenvalue weighted by molar-refractivity contribution is 5.85. The minimum Gasteiger partial charge on any atom is -0.439 e. The highest BCUT2D eigenvalue weighted by atomic mass is 16.5. The van der Waals surface area contributed by atoms with Crippen molar-refractivity contribution < 1.29 is 9.15 Å². The molecule has 2 N–H and O–H groups in total. The molecule has 102 valence electrons. The Morgan fingerprint density at radius 1 is 1.47 bits per heavy atom. The lowest BCUT2D eigenvalue weighted by molar-refractivity contribution is 0.0788. The number of anilines is 1. The van der Waals surface area contributed by atoms with Gasteiger partial charge in [-0.15, -0.1) is 0 Å². The van der Waals surface area contributed by atoms with Gasteiger partial charge in [0, 0.05) is 12.6 Å². The Kier molecular flexibility index (Phi) is 3.16. The van der Waals surface area contributed by atoms with Crippen molar-refractivity contribution in [1.82, 2.24) is 9.88 Å². The first-order valence-electron chi connectivity index (χ1n) is 6.61. The van der Waals surface area contributed by atoms with E-state index < -0.39 is 0 Å². The van der Waals surface area contributed by atoms with E-state index in [1.54, 1.807) is 0 Å². The quantitative estimate of drug-likeness (QED) is 0.856. The Morgan fingerprint density at radius 3 is 3.00 bits per heavy atom. The number of para-hydroxylation sites is 1. The molecule has 5 heteroatoms. The van der Waals surface area contributed by atoms with E-state index in [9.17, 15) is 0 Å². The molecule has 1 aromatic heterocycles. The van der Waals surface area contributed by atoms with Crippen LogP contribution in [-0.2, 0) is 11.3 Å². The molecule has 0 radical (unpaired) electrons. The summed E-state index contributed by atoms with van der Waals surface area (Å²) in [5, 5.41) is 0. The van der Waals surface area contributed by atoms with Crippen molar-refractivity contribution in [2.45, 2.75) is 32.0 Å². The molecule has 19 heavy (non-hydrogen) atoms. The molecule has 2 heterocycles. The van der Waals surface area contributed by atoms with Crippen molar-refractivity contribution in [3.05, 3.63) is 24.1 Å². The van der Waals surface area contributed by atoms with Crippen LogP contribution in [-0.4, -0.2) is 35.7 Å². The number of rotatable bonds is 3. The molecule has 3 rings (SSSR count). The number of nitrogens with two attached hydrogens (primary N) is 1. The van der Waals surface area contributed by atoms with Gasteiger partial charge in [-0.1, -0.05) is 6.07 Å². The monoisotopic (exact) mass is 261 g/mol. The third kappa shape index (κ3) is 2.31. The fourth-order valence-corrected chi connectivity index (χ4v) is 2.71. The second-order valence-electron chi connectivity index (χ2n) is 5.15. The molecular formula is C14H19N3O2. The number of fused-ring (bicyclic) bond motifs is 1. The van der Waals surface area contributed by atoms with Crippen molar-refractivity contribution >= 4 is 16.8 Å². The summed E-state index contributed by atoms with van der Waals surface area (Å²) in [6, 6.07) is 6.03. The van der Waals surface area contributed by atoms with Crippen molar-refractivity contribution in [3.63, 3.8) is 0 Å². The van der Waals surface area contributed by atoms with E-state index in [0.29, 0.717) is 24.2 Å². The fourth-order valence-electron chi connectivity index (χ4n) is 2.71. The number of oxazole rings is 1. The SMILES string of the molecule is CC1OCCC1N(C)Cc1nc2c(N)cccc2o1. The first-order valence-corrected chi connectivity index (χ1v) is 6.61. The summed E-state index contributed by atoms with van der Waals surface area (Å²) >= 11 is 0. The van der Waals surface area contributed by atoms with Crippen molar-refractivity contribution in [2.75, 3.05) is 19.4 Å². The maximum absolute atomic E-state index is 5.89. The zero-order valence-electron chi connectivity index (χ0n) is 11.3. The lowest BCUT2D eigenvalue weighted by Crippen LogP contribution is -2.36. The molecule has 1 fully saturated rings. The van der Waals surface area contributed by atoms with Gasteiger partial charge in [0.15, 0.2) is 5.58 Å². The molecule has 0 spiro atoms. The molecule has 5 nitrogen and oxygen atoms in total. The van der Waals surface area contributed by atoms with Crippen LogP contribution in [0.3, 0.4) is 0 Å². The number of ether oxygens (including phenoxy) is 1. The summed E-state index contributed by atoms with van der Waals surface area (Å²) in [6.07, 6.45) is 1.32. The molecule has 2 unspecified atom stereocenters. The average molecular weight is 261 g/mol. The topological polar surface area (TPSA) is 64.5 Å². The molecule has 1 saturated heterocycles. The Balaban J connectivity index is 1.79. The number of aromatic nitrogens is 1. The molecule has 1 aromatic carbocycles. The first kappa shape index (κ1) is 12.4. The van der Waals surface area contributed by atoms with Gasteiger partial charge in [-0.25, -0.2) is 4.98 Å². The fraction of sp³-hybridized carbons (Fsp3) is 0.500. The van der Waals surface area contributed by atoms with Crippen LogP contribution in [0.15, 0.2) is 22.6 Å². The Morgan fingerprint density at radius 2 is 2.32 bits per heavy atom. The first-order chi connectivity index (χ1) is 9.15. The number of likely N-dealkylation sites (N-methyl/N-ethyl adjacent to an activating group) is 1. The summed E-state index contributed by atoms with van der Waals surface area (Å²) in [7, 11) is 2.08. The largest absolute Gasteiger partial charge is 0.439 e. The average Bonchev–Trinajstić information content (AvgIpc) is 2.95. The maximum atomic E-state index is 5.89. The predicted octanol–water partition coefficient (Wildman–Crippen LogP) is 2.02. The molecule has 0 amide bonds. The number of nitrogen functional groups attached to an aromatic ring is 1. The minimum absolute atomic E-state index is 0.263. The summed E-state index contributed by atoms with van der Waals surface area (Å²) in [4.78, 5) is 6.71. The smallest absolute Gasteiger partial charge is 0.209 e. The van der Waals surface area contributed by atoms with Gasteiger partial charge in [0.05, 0.1) is 18.3 Å². The van der Waals surface area contributed by atoms with Crippen molar-refractivity contribution in [2.24, 2.45) is 0 Å². The van der Waals surface area contributed by atoms with E-state index in [4.69, 9.17) is 14.9 Å². The van der Waals surface area contributed by atoms with Gasteiger partial charge in [-0.05, 0) is 32.5 Å². The third-order valence-corrected chi connectivity index (χ3v) is 3.78. The van der Waals surface area contributed by atoms with E-state index >= 15 is 0 Å². The van der Waals surface area contributed by atoms with Crippen molar-refractivity contribution in [1.29, 1.82) is 0 Å². The lowest BCUT2D eigenvalue weighted by Gasteiger charge is -2.24. The lowest BCUT2D eigenvalue weighted by atomic mass is 10.1. The van der Waals surface area contributed by atoms with Gasteiger partial charge in [-0.3, -0.25) is 4.90 Å². The highest BCUT2D eigenvalue weighted by Gasteiger charge is 2.28. The van der Waals surface area contributed by atoms with Gasteiger partial charge in [0.1, 0.15) is 5.52 Å². The van der Waals surface area contributed by atoms with Crippen LogP contribution < -0.4 is 5.73 Å². The molecule has 0 saturated carbocycles. The highest BCUT2D eigenvalue weighted by Crippen LogP contribution is 2.24. The van der Waals surface area contributed by atoms with E-state index in [1.807, 2.05) is 18.2 Å². The predicted molar refractivity (Wildman–Crippen MR) is 73.7 cm³/mol. The van der Waals surface area contributed by atoms with Crippen LogP contribution in [0.25, 0.3) is 11.1 Å². The minimum atomic E-state index is 0.263. The third-order valence-electron chi connectivity index (χ3n) is 3.78. The Bertz CT molecular complexity index is 581. The molecule has 0 bridgehead atoms. The Hall–Kier alpha value is -1.59. The number of nitrogens with zero attached hydrogens (tertiary/aromatic N) is 2. The van der Waals surface area contributed by atoms with Gasteiger partial charge in [-0.2, -0.15) is 0 Å². The normalized spacial score (nSPS) is 23.5. The zero-order chi connectivity index (χ0) is 13.4. The van der Waals surface area contributed by atoms with Gasteiger partial charge in [0.2, 0.25) is 5.89 Å². The second-order valence-corrected chi connectivity index (χ2v) is 5.15. The Labute approximate surface area is 112 Å². The molecule has 2 aromatic rings. The number of hydrogen-bond acceptors (Lipinski definition) is 5. The van der Waals surface area contributed by atoms with Crippen molar-refractivity contribution in [3.8, 4) is 0 Å². The number of benzene rings is 1. The summed E-state index contributed by atoms with van der Waals surface area (Å²) in [5.41, 5.74) is 8.05. The molecule has 0 aliphatic carbocycles. The van der Waals surface area contributed by atoms with Gasteiger partial charge in [0.25, 0.3) is 0 Å². The standard InChI is InChI=1S/C14H19N3O2/c1-9-11(6-7-18-9)17(2)8-13-16-14-10(15)4-3-5-12(14)19-13/h3-5,9,11H,6-8,15H2,1-2H3. The zero-order valence-corrected chi connectivity index (χ0v) is 11.3. The van der Waals surface area contributed by atoms with E-state index in [1.165, 1.54) is 0 Å². The van der Waals surface area contributed by atoms with E-state index in [2.05, 4.69) is 23.9 Å². The van der Waals surface area contributed by atoms with Crippen LogP contribution in [0, 0.1) is 0 Å². The molecule has 2 atom stereocenters. The van der Waals surface area contributed by atoms with Crippen LogP contribution in [0.2, 0.25) is 0 Å². The van der Waals surface area contributed by atoms with Crippen LogP contribution >= 0.6 is 0 Å². The van der Waals surface area contributed by atoms with E-state index in [-0.39, 0.29) is 6.10 Å². The number of hydrogen-bond donors (Lipinski definition) is 1.